The van der Waals surface area contributed by atoms with E-state index in [1.54, 1.807) is 18.2 Å². The summed E-state index contributed by atoms with van der Waals surface area (Å²) >= 11 is 3.30. The molecule has 18 heavy (non-hydrogen) atoms. The Balaban J connectivity index is 2.71. The molecule has 102 valence electrons. The van der Waals surface area contributed by atoms with Crippen LogP contribution in [0.25, 0.3) is 0 Å². The van der Waals surface area contributed by atoms with E-state index in [0.717, 1.165) is 0 Å². The molecule has 1 rings (SSSR count). The number of hydrogen-bond acceptors (Lipinski definition) is 2. The van der Waals surface area contributed by atoms with Gasteiger partial charge in [0, 0.05) is 16.9 Å². The second kappa shape index (κ2) is 6.43. The van der Waals surface area contributed by atoms with Gasteiger partial charge in [0.25, 0.3) is 0 Å². The number of ether oxygens (including phenoxy) is 1. The molecule has 0 radical (unpaired) electrons. The zero-order valence-electron chi connectivity index (χ0n) is 9.93. The van der Waals surface area contributed by atoms with Crippen molar-refractivity contribution in [2.75, 3.05) is 6.61 Å². The van der Waals surface area contributed by atoms with Crippen molar-refractivity contribution in [2.45, 2.75) is 32.0 Å². The fourth-order valence-electron chi connectivity index (χ4n) is 1.54. The van der Waals surface area contributed by atoms with E-state index in [2.05, 4.69) is 15.9 Å². The Labute approximate surface area is 112 Å². The molecule has 0 saturated carbocycles. The largest absolute Gasteiger partial charge is 0.494 e. The van der Waals surface area contributed by atoms with Crippen molar-refractivity contribution in [1.82, 2.24) is 0 Å². The van der Waals surface area contributed by atoms with Crippen LogP contribution in [0.1, 0.15) is 31.4 Å². The van der Waals surface area contributed by atoms with E-state index >= 15 is 0 Å². The maximum atomic E-state index is 12.1. The van der Waals surface area contributed by atoms with Gasteiger partial charge in [-0.25, -0.2) is 0 Å². The molecular weight excluding hydrogens is 311 g/mol. The van der Waals surface area contributed by atoms with Gasteiger partial charge in [0.2, 0.25) is 0 Å². The molecule has 2 nitrogen and oxygen atoms in total. The highest BCUT2D eigenvalue weighted by Crippen LogP contribution is 2.31. The molecule has 0 bridgehead atoms. The minimum Gasteiger partial charge on any atom is -0.494 e. The molecule has 0 amide bonds. The first kappa shape index (κ1) is 15.3. The molecule has 0 aliphatic heterocycles. The van der Waals surface area contributed by atoms with Crippen LogP contribution in [0.4, 0.5) is 13.2 Å². The van der Waals surface area contributed by atoms with Crippen LogP contribution < -0.4 is 10.5 Å². The molecular formula is C12H15BrF3NO. The van der Waals surface area contributed by atoms with E-state index in [4.69, 9.17) is 10.5 Å². The monoisotopic (exact) mass is 325 g/mol. The molecule has 1 aromatic carbocycles. The third-order valence-electron chi connectivity index (χ3n) is 2.42. The van der Waals surface area contributed by atoms with E-state index in [9.17, 15) is 13.2 Å². The summed E-state index contributed by atoms with van der Waals surface area (Å²) in [6.07, 6.45) is -5.18. The second-order valence-corrected chi connectivity index (χ2v) is 4.73. The number of nitrogens with two attached hydrogens (primary N) is 1. The first-order valence-corrected chi connectivity index (χ1v) is 6.37. The molecule has 1 unspecified atom stereocenters. The topological polar surface area (TPSA) is 35.2 Å². The molecule has 0 fully saturated rings. The third kappa shape index (κ3) is 4.86. The minimum atomic E-state index is -4.17. The van der Waals surface area contributed by atoms with E-state index in [1.807, 2.05) is 6.92 Å². The van der Waals surface area contributed by atoms with Gasteiger partial charge in [0.15, 0.2) is 0 Å². The molecule has 1 atom stereocenters. The summed E-state index contributed by atoms with van der Waals surface area (Å²) in [6, 6.07) is 4.47. The molecule has 0 aromatic heterocycles. The Bertz CT molecular complexity index is 395. The summed E-state index contributed by atoms with van der Waals surface area (Å²) in [5.74, 6) is 0.663. The second-order valence-electron chi connectivity index (χ2n) is 3.88. The highest BCUT2D eigenvalue weighted by molar-refractivity contribution is 9.10. The van der Waals surface area contributed by atoms with Gasteiger partial charge in [-0.2, -0.15) is 13.2 Å². The van der Waals surface area contributed by atoms with Crippen LogP contribution in [0.15, 0.2) is 22.7 Å². The van der Waals surface area contributed by atoms with Crippen LogP contribution >= 0.6 is 15.9 Å². The highest BCUT2D eigenvalue weighted by Gasteiger charge is 2.28. The highest BCUT2D eigenvalue weighted by atomic mass is 79.9. The Hall–Kier alpha value is -0.750. The number of rotatable bonds is 5. The van der Waals surface area contributed by atoms with E-state index in [1.165, 1.54) is 0 Å². The number of halogens is 4. The average Bonchev–Trinajstić information content (AvgIpc) is 2.25. The van der Waals surface area contributed by atoms with E-state index in [-0.39, 0.29) is 6.42 Å². The Kier molecular flexibility index (Phi) is 5.47. The molecule has 0 saturated heterocycles. The molecule has 0 heterocycles. The number of alkyl halides is 3. The van der Waals surface area contributed by atoms with Gasteiger partial charge in [0.1, 0.15) is 5.75 Å². The third-order valence-corrected chi connectivity index (χ3v) is 3.11. The van der Waals surface area contributed by atoms with Gasteiger partial charge < -0.3 is 10.5 Å². The summed E-state index contributed by atoms with van der Waals surface area (Å²) in [4.78, 5) is 0. The summed E-state index contributed by atoms with van der Waals surface area (Å²) in [6.45, 7) is 2.39. The van der Waals surface area contributed by atoms with Gasteiger partial charge >= 0.3 is 6.18 Å². The van der Waals surface area contributed by atoms with Crippen molar-refractivity contribution >= 4 is 15.9 Å². The van der Waals surface area contributed by atoms with Gasteiger partial charge in [-0.05, 0) is 31.0 Å². The predicted octanol–water partition coefficient (Wildman–Crippen LogP) is 4.19. The van der Waals surface area contributed by atoms with Gasteiger partial charge in [-0.3, -0.25) is 0 Å². The smallest absolute Gasteiger partial charge is 0.389 e. The molecule has 6 heteroatoms. The average molecular weight is 326 g/mol. The SMILES string of the molecule is CCOc1ccc(C(N)CCC(F)(F)F)c(Br)c1. The lowest BCUT2D eigenvalue weighted by Gasteiger charge is -2.16. The minimum absolute atomic E-state index is 0.129. The lowest BCUT2D eigenvalue weighted by molar-refractivity contribution is -0.136. The molecule has 1 aromatic rings. The van der Waals surface area contributed by atoms with Crippen LogP contribution in [0.5, 0.6) is 5.75 Å². The summed E-state index contributed by atoms with van der Waals surface area (Å²) in [5, 5.41) is 0. The van der Waals surface area contributed by atoms with Crippen molar-refractivity contribution in [2.24, 2.45) is 5.73 Å². The van der Waals surface area contributed by atoms with Gasteiger partial charge in [-0.15, -0.1) is 0 Å². The van der Waals surface area contributed by atoms with Crippen LogP contribution in [-0.4, -0.2) is 12.8 Å². The van der Waals surface area contributed by atoms with Crippen LogP contribution in [0.2, 0.25) is 0 Å². The van der Waals surface area contributed by atoms with Crippen LogP contribution in [-0.2, 0) is 0 Å². The summed E-state index contributed by atoms with van der Waals surface area (Å²) in [7, 11) is 0. The van der Waals surface area contributed by atoms with Crippen molar-refractivity contribution in [3.05, 3.63) is 28.2 Å². The predicted molar refractivity (Wildman–Crippen MR) is 67.5 cm³/mol. The first-order valence-electron chi connectivity index (χ1n) is 5.58. The Morgan fingerprint density at radius 3 is 2.56 bits per heavy atom. The quantitative estimate of drug-likeness (QED) is 0.880. The van der Waals surface area contributed by atoms with Gasteiger partial charge in [-0.1, -0.05) is 22.0 Å². The lowest BCUT2D eigenvalue weighted by atomic mass is 10.0. The van der Waals surface area contributed by atoms with Crippen molar-refractivity contribution in [1.29, 1.82) is 0 Å². The van der Waals surface area contributed by atoms with Crippen LogP contribution in [0, 0.1) is 0 Å². The van der Waals surface area contributed by atoms with Crippen LogP contribution in [0.3, 0.4) is 0 Å². The fourth-order valence-corrected chi connectivity index (χ4v) is 2.19. The zero-order valence-corrected chi connectivity index (χ0v) is 11.5. The maximum absolute atomic E-state index is 12.1. The summed E-state index contributed by atoms with van der Waals surface area (Å²) in [5.41, 5.74) is 6.41. The van der Waals surface area contributed by atoms with E-state index in [0.29, 0.717) is 22.4 Å². The van der Waals surface area contributed by atoms with Gasteiger partial charge in [0.05, 0.1) is 6.61 Å². The molecule has 0 spiro atoms. The molecule has 0 aliphatic carbocycles. The normalized spacial score (nSPS) is 13.4. The maximum Gasteiger partial charge on any atom is 0.389 e. The van der Waals surface area contributed by atoms with E-state index < -0.39 is 18.6 Å². The lowest BCUT2D eigenvalue weighted by Crippen LogP contribution is -2.16. The molecule has 0 aliphatic rings. The standard InChI is InChI=1S/C12H15BrF3NO/c1-2-18-8-3-4-9(10(13)7-8)11(17)5-6-12(14,15)16/h3-4,7,11H,2,5-6,17H2,1H3. The van der Waals surface area contributed by atoms with Crippen molar-refractivity contribution in [3.8, 4) is 5.75 Å². The fraction of sp³-hybridized carbons (Fsp3) is 0.500. The number of hydrogen-bond donors (Lipinski definition) is 1. The molecule has 2 N–H and O–H groups in total. The first-order chi connectivity index (χ1) is 8.33. The van der Waals surface area contributed by atoms with Crippen molar-refractivity contribution < 1.29 is 17.9 Å². The van der Waals surface area contributed by atoms with Crippen molar-refractivity contribution in [3.63, 3.8) is 0 Å². The number of benzene rings is 1. The Morgan fingerprint density at radius 1 is 1.39 bits per heavy atom. The zero-order chi connectivity index (χ0) is 13.8. The Morgan fingerprint density at radius 2 is 2.06 bits per heavy atom. The summed E-state index contributed by atoms with van der Waals surface area (Å²) < 4.78 is 42.3.